The molecule has 2 rings (SSSR count). The van der Waals surface area contributed by atoms with Crippen LogP contribution in [0.25, 0.3) is 0 Å². The van der Waals surface area contributed by atoms with Crippen molar-refractivity contribution in [1.82, 2.24) is 4.72 Å². The Morgan fingerprint density at radius 3 is 2.27 bits per heavy atom. The predicted octanol–water partition coefficient (Wildman–Crippen LogP) is 2.09. The minimum absolute atomic E-state index is 0.187. The van der Waals surface area contributed by atoms with Crippen LogP contribution in [0.1, 0.15) is 25.0 Å². The van der Waals surface area contributed by atoms with E-state index in [1.807, 2.05) is 44.2 Å². The molecule has 0 saturated heterocycles. The van der Waals surface area contributed by atoms with Crippen LogP contribution in [0, 0.1) is 5.92 Å². The maximum atomic E-state index is 12.6. The summed E-state index contributed by atoms with van der Waals surface area (Å²) in [5.74, 6) is 0.210. The van der Waals surface area contributed by atoms with Gasteiger partial charge in [-0.25, -0.2) is 13.1 Å². The summed E-state index contributed by atoms with van der Waals surface area (Å²) in [6.07, 6.45) is -0.119. The molecular weight excluding hydrogens is 348 g/mol. The molecule has 2 unspecified atom stereocenters. The normalized spacial score (nSPS) is 14.3. The highest BCUT2D eigenvalue weighted by Gasteiger charge is 2.22. The van der Waals surface area contributed by atoms with Crippen molar-refractivity contribution in [3.05, 3.63) is 65.7 Å². The van der Waals surface area contributed by atoms with Crippen molar-refractivity contribution in [1.29, 1.82) is 0 Å². The van der Waals surface area contributed by atoms with Gasteiger partial charge in [-0.15, -0.1) is 0 Å². The maximum absolute atomic E-state index is 12.6. The van der Waals surface area contributed by atoms with E-state index in [1.54, 1.807) is 24.3 Å². The minimum Gasteiger partial charge on any atom is -0.391 e. The average Bonchev–Trinajstić information content (AvgIpc) is 2.61. The Morgan fingerprint density at radius 2 is 1.62 bits per heavy atom. The van der Waals surface area contributed by atoms with Crippen LogP contribution in [-0.2, 0) is 22.9 Å². The molecule has 26 heavy (non-hydrogen) atoms. The minimum atomic E-state index is -3.62. The van der Waals surface area contributed by atoms with Crippen LogP contribution in [0.5, 0.6) is 0 Å². The van der Waals surface area contributed by atoms with Crippen LogP contribution in [0.3, 0.4) is 0 Å². The first kappa shape index (κ1) is 20.6. The first-order valence-corrected chi connectivity index (χ1v) is 10.3. The van der Waals surface area contributed by atoms with Gasteiger partial charge in [0.2, 0.25) is 10.0 Å². The van der Waals surface area contributed by atoms with Gasteiger partial charge in [-0.05, 0) is 29.5 Å². The van der Waals surface area contributed by atoms with E-state index in [2.05, 4.69) is 4.72 Å². The van der Waals surface area contributed by atoms with Crippen molar-refractivity contribution in [2.24, 2.45) is 11.7 Å². The number of hydrogen-bond donors (Lipinski definition) is 3. The fourth-order valence-electron chi connectivity index (χ4n) is 2.69. The number of rotatable bonds is 9. The lowest BCUT2D eigenvalue weighted by molar-refractivity contribution is 0.143. The van der Waals surface area contributed by atoms with Gasteiger partial charge in [-0.2, -0.15) is 0 Å². The van der Waals surface area contributed by atoms with E-state index >= 15 is 0 Å². The van der Waals surface area contributed by atoms with E-state index in [1.165, 1.54) is 0 Å². The van der Waals surface area contributed by atoms with Crippen LogP contribution < -0.4 is 10.5 Å². The highest BCUT2D eigenvalue weighted by molar-refractivity contribution is 7.89. The largest absolute Gasteiger partial charge is 0.391 e. The van der Waals surface area contributed by atoms with Gasteiger partial charge in [0.1, 0.15) is 0 Å². The molecule has 0 spiro atoms. The molecule has 142 valence electrons. The summed E-state index contributed by atoms with van der Waals surface area (Å²) in [5, 5.41) is 10.5. The van der Waals surface area contributed by atoms with Crippen molar-refractivity contribution < 1.29 is 13.5 Å². The maximum Gasteiger partial charge on any atom is 0.240 e. The van der Waals surface area contributed by atoms with Gasteiger partial charge in [0.25, 0.3) is 0 Å². The SMILES string of the molecule is CC(C)CNS(=O)(=O)c1ccccc1CC(O)C(N)Cc1ccccc1. The second kappa shape index (κ2) is 9.28. The first-order valence-electron chi connectivity index (χ1n) is 8.84. The number of aliphatic hydroxyl groups excluding tert-OH is 1. The third-order valence-corrected chi connectivity index (χ3v) is 5.71. The van der Waals surface area contributed by atoms with Gasteiger partial charge in [0, 0.05) is 19.0 Å². The summed E-state index contributed by atoms with van der Waals surface area (Å²) in [7, 11) is -3.62. The molecule has 0 amide bonds. The number of hydrogen-bond acceptors (Lipinski definition) is 4. The monoisotopic (exact) mass is 376 g/mol. The van der Waals surface area contributed by atoms with E-state index in [4.69, 9.17) is 5.73 Å². The highest BCUT2D eigenvalue weighted by atomic mass is 32.2. The Labute approximate surface area is 156 Å². The second-order valence-corrected chi connectivity index (χ2v) is 8.71. The smallest absolute Gasteiger partial charge is 0.240 e. The molecule has 0 bridgehead atoms. The van der Waals surface area contributed by atoms with Crippen LogP contribution in [-0.4, -0.2) is 32.2 Å². The first-order chi connectivity index (χ1) is 12.3. The predicted molar refractivity (Wildman–Crippen MR) is 104 cm³/mol. The molecule has 0 heterocycles. The number of benzene rings is 2. The van der Waals surface area contributed by atoms with Gasteiger partial charge in [0.05, 0.1) is 11.0 Å². The van der Waals surface area contributed by atoms with Crippen LogP contribution in [0.15, 0.2) is 59.5 Å². The summed E-state index contributed by atoms with van der Waals surface area (Å²) >= 11 is 0. The lowest BCUT2D eigenvalue weighted by Crippen LogP contribution is -2.38. The fraction of sp³-hybridized carbons (Fsp3) is 0.400. The Kier molecular flexibility index (Phi) is 7.34. The molecular formula is C20H28N2O3S. The summed E-state index contributed by atoms with van der Waals surface area (Å²) in [6, 6.07) is 16.0. The number of nitrogens with two attached hydrogens (primary N) is 1. The molecule has 5 nitrogen and oxygen atoms in total. The zero-order valence-corrected chi connectivity index (χ0v) is 16.1. The second-order valence-electron chi connectivity index (χ2n) is 6.98. The summed E-state index contributed by atoms with van der Waals surface area (Å²) in [5.41, 5.74) is 7.75. The molecule has 6 heteroatoms. The van der Waals surface area contributed by atoms with Gasteiger partial charge in [-0.1, -0.05) is 62.4 Å². The molecule has 2 atom stereocenters. The van der Waals surface area contributed by atoms with Crippen molar-refractivity contribution in [3.8, 4) is 0 Å². The molecule has 0 aliphatic rings. The van der Waals surface area contributed by atoms with Crippen LogP contribution in [0.4, 0.5) is 0 Å². The zero-order valence-electron chi connectivity index (χ0n) is 15.3. The van der Waals surface area contributed by atoms with Crippen molar-refractivity contribution in [2.45, 2.75) is 43.7 Å². The Bertz CT molecular complexity index is 792. The van der Waals surface area contributed by atoms with E-state index in [0.717, 1.165) is 5.56 Å². The topological polar surface area (TPSA) is 92.4 Å². The molecule has 0 aromatic heterocycles. The molecule has 0 radical (unpaired) electrons. The van der Waals surface area contributed by atoms with E-state index in [-0.39, 0.29) is 17.2 Å². The quantitative estimate of drug-likeness (QED) is 0.625. The van der Waals surface area contributed by atoms with Gasteiger partial charge < -0.3 is 10.8 Å². The number of aliphatic hydroxyl groups is 1. The van der Waals surface area contributed by atoms with Crippen molar-refractivity contribution in [3.63, 3.8) is 0 Å². The van der Waals surface area contributed by atoms with Gasteiger partial charge in [0.15, 0.2) is 0 Å². The molecule has 2 aromatic rings. The van der Waals surface area contributed by atoms with Crippen LogP contribution >= 0.6 is 0 Å². The van der Waals surface area contributed by atoms with Gasteiger partial charge >= 0.3 is 0 Å². The summed E-state index contributed by atoms with van der Waals surface area (Å²) < 4.78 is 27.8. The van der Waals surface area contributed by atoms with Crippen LogP contribution in [0.2, 0.25) is 0 Å². The van der Waals surface area contributed by atoms with Gasteiger partial charge in [-0.3, -0.25) is 0 Å². The number of sulfonamides is 1. The summed E-state index contributed by atoms with van der Waals surface area (Å²) in [6.45, 7) is 4.26. The third-order valence-electron chi connectivity index (χ3n) is 4.18. The molecule has 0 aliphatic heterocycles. The average molecular weight is 377 g/mol. The van der Waals surface area contributed by atoms with E-state index < -0.39 is 22.2 Å². The van der Waals surface area contributed by atoms with E-state index in [9.17, 15) is 13.5 Å². The Hall–Kier alpha value is -1.73. The summed E-state index contributed by atoms with van der Waals surface area (Å²) in [4.78, 5) is 0.201. The fourth-order valence-corrected chi connectivity index (χ4v) is 4.15. The molecule has 0 fully saturated rings. The molecule has 4 N–H and O–H groups in total. The lowest BCUT2D eigenvalue weighted by Gasteiger charge is -2.20. The zero-order chi connectivity index (χ0) is 19.2. The highest BCUT2D eigenvalue weighted by Crippen LogP contribution is 2.19. The Morgan fingerprint density at radius 1 is 1.00 bits per heavy atom. The molecule has 0 saturated carbocycles. The molecule has 2 aromatic carbocycles. The Balaban J connectivity index is 2.11. The number of nitrogens with one attached hydrogen (secondary N) is 1. The standard InChI is InChI=1S/C20H28N2O3S/c1-15(2)14-22-26(24,25)20-11-7-6-10-17(20)13-19(23)18(21)12-16-8-4-3-5-9-16/h3-11,15,18-19,22-23H,12-14,21H2,1-2H3. The van der Waals surface area contributed by atoms with E-state index in [0.29, 0.717) is 18.5 Å². The van der Waals surface area contributed by atoms with Crippen molar-refractivity contribution >= 4 is 10.0 Å². The lowest BCUT2D eigenvalue weighted by atomic mass is 9.97. The molecule has 0 aliphatic carbocycles. The van der Waals surface area contributed by atoms with Crippen molar-refractivity contribution in [2.75, 3.05) is 6.54 Å². The third kappa shape index (κ3) is 5.92.